The lowest BCUT2D eigenvalue weighted by atomic mass is 10.0. The van der Waals surface area contributed by atoms with Gasteiger partial charge in [-0.2, -0.15) is 0 Å². The number of fused-ring (bicyclic) bond motifs is 1. The molecule has 3 N–H and O–H groups in total. The van der Waals surface area contributed by atoms with Gasteiger partial charge < -0.3 is 15.8 Å². The molecular weight excluding hydrogens is 414 g/mol. The fourth-order valence-electron chi connectivity index (χ4n) is 3.53. The van der Waals surface area contributed by atoms with Crippen LogP contribution in [0.15, 0.2) is 89.2 Å². The van der Waals surface area contributed by atoms with Gasteiger partial charge in [-0.3, -0.25) is 9.78 Å². The average Bonchev–Trinajstić information content (AvgIpc) is 2.86. The minimum atomic E-state index is -0.288. The van der Waals surface area contributed by atoms with Gasteiger partial charge in [-0.1, -0.05) is 54.6 Å². The van der Waals surface area contributed by atoms with Crippen molar-refractivity contribution in [2.24, 2.45) is 10.2 Å². The van der Waals surface area contributed by atoms with Crippen LogP contribution in [0, 0.1) is 0 Å². The minimum absolute atomic E-state index is 0.128. The molecule has 7 nitrogen and oxygen atoms in total. The van der Waals surface area contributed by atoms with Crippen LogP contribution in [0.1, 0.15) is 12.5 Å². The SMILES string of the molecule is CCOC(=O)CNCc1cc(/N=N/c2ccc(-c3ccccc3)nc2)c(N)c2ccccc12. The molecular formula is C26H25N5O2. The Morgan fingerprint density at radius 2 is 1.76 bits per heavy atom. The molecule has 0 radical (unpaired) electrons. The van der Waals surface area contributed by atoms with Crippen LogP contribution in [0.25, 0.3) is 22.0 Å². The first-order valence-corrected chi connectivity index (χ1v) is 10.8. The van der Waals surface area contributed by atoms with Gasteiger partial charge in [0.05, 0.1) is 30.7 Å². The number of rotatable bonds is 8. The maximum absolute atomic E-state index is 11.6. The summed E-state index contributed by atoms with van der Waals surface area (Å²) >= 11 is 0. The minimum Gasteiger partial charge on any atom is -0.465 e. The van der Waals surface area contributed by atoms with Gasteiger partial charge in [0.15, 0.2) is 0 Å². The predicted octanol–water partition coefficient (Wildman–Crippen LogP) is 5.55. The first-order chi connectivity index (χ1) is 16.2. The summed E-state index contributed by atoms with van der Waals surface area (Å²) in [5.41, 5.74) is 11.0. The molecule has 4 rings (SSSR count). The van der Waals surface area contributed by atoms with E-state index < -0.39 is 0 Å². The number of carbonyl (C=O) groups is 1. The van der Waals surface area contributed by atoms with Gasteiger partial charge in [0.2, 0.25) is 0 Å². The number of hydrogen-bond donors (Lipinski definition) is 2. The zero-order valence-corrected chi connectivity index (χ0v) is 18.4. The number of hydrogen-bond acceptors (Lipinski definition) is 7. The van der Waals surface area contributed by atoms with Crippen molar-refractivity contribution in [1.29, 1.82) is 0 Å². The van der Waals surface area contributed by atoms with Gasteiger partial charge in [-0.15, -0.1) is 10.2 Å². The van der Waals surface area contributed by atoms with Crippen molar-refractivity contribution >= 4 is 33.8 Å². The van der Waals surface area contributed by atoms with E-state index in [0.29, 0.717) is 30.2 Å². The van der Waals surface area contributed by atoms with Gasteiger partial charge in [0.1, 0.15) is 11.4 Å². The maximum atomic E-state index is 11.6. The summed E-state index contributed by atoms with van der Waals surface area (Å²) in [6.07, 6.45) is 1.69. The summed E-state index contributed by atoms with van der Waals surface area (Å²) in [5.74, 6) is -0.288. The maximum Gasteiger partial charge on any atom is 0.319 e. The number of nitrogens with zero attached hydrogens (tertiary/aromatic N) is 3. The molecule has 0 bridgehead atoms. The van der Waals surface area contributed by atoms with Crippen LogP contribution in [0.4, 0.5) is 17.1 Å². The molecule has 4 aromatic rings. The molecule has 0 atom stereocenters. The number of esters is 1. The third-order valence-corrected chi connectivity index (χ3v) is 5.13. The summed E-state index contributed by atoms with van der Waals surface area (Å²) in [4.78, 5) is 16.1. The molecule has 0 spiro atoms. The number of nitrogen functional groups attached to an aromatic ring is 1. The summed E-state index contributed by atoms with van der Waals surface area (Å²) < 4.78 is 4.97. The molecule has 0 amide bonds. The Morgan fingerprint density at radius 1 is 1.00 bits per heavy atom. The predicted molar refractivity (Wildman–Crippen MR) is 131 cm³/mol. The van der Waals surface area contributed by atoms with Crippen LogP contribution in [0.3, 0.4) is 0 Å². The third-order valence-electron chi connectivity index (χ3n) is 5.13. The van der Waals surface area contributed by atoms with Gasteiger partial charge in [0, 0.05) is 17.5 Å². The summed E-state index contributed by atoms with van der Waals surface area (Å²) in [6, 6.07) is 23.5. The summed E-state index contributed by atoms with van der Waals surface area (Å²) in [7, 11) is 0. The van der Waals surface area contributed by atoms with Crippen molar-refractivity contribution < 1.29 is 9.53 Å². The molecule has 0 saturated heterocycles. The highest BCUT2D eigenvalue weighted by atomic mass is 16.5. The van der Waals surface area contributed by atoms with E-state index in [4.69, 9.17) is 10.5 Å². The van der Waals surface area contributed by atoms with Crippen LogP contribution in [-0.4, -0.2) is 24.1 Å². The molecule has 7 heteroatoms. The first-order valence-electron chi connectivity index (χ1n) is 10.8. The number of pyridine rings is 1. The monoisotopic (exact) mass is 439 g/mol. The van der Waals surface area contributed by atoms with Crippen LogP contribution < -0.4 is 11.1 Å². The second-order valence-electron chi connectivity index (χ2n) is 7.39. The molecule has 1 heterocycles. The molecule has 1 aromatic heterocycles. The Labute approximate surface area is 192 Å². The second kappa shape index (κ2) is 10.5. The zero-order chi connectivity index (χ0) is 23.0. The molecule has 3 aromatic carbocycles. The summed E-state index contributed by atoms with van der Waals surface area (Å²) in [6.45, 7) is 2.74. The number of anilines is 1. The number of azo groups is 1. The Morgan fingerprint density at radius 3 is 2.48 bits per heavy atom. The van der Waals surface area contributed by atoms with E-state index in [0.717, 1.165) is 27.6 Å². The smallest absolute Gasteiger partial charge is 0.319 e. The van der Waals surface area contributed by atoms with E-state index in [2.05, 4.69) is 20.5 Å². The second-order valence-corrected chi connectivity index (χ2v) is 7.39. The topological polar surface area (TPSA) is 102 Å². The van der Waals surface area contributed by atoms with Crippen LogP contribution in [-0.2, 0) is 16.1 Å². The fraction of sp³-hybridized carbons (Fsp3) is 0.154. The third kappa shape index (κ3) is 5.39. The van der Waals surface area contributed by atoms with E-state index in [1.165, 1.54) is 0 Å². The van der Waals surface area contributed by atoms with E-state index in [1.54, 1.807) is 13.1 Å². The number of carbonyl (C=O) groups excluding carboxylic acids is 1. The van der Waals surface area contributed by atoms with E-state index in [-0.39, 0.29) is 12.5 Å². The normalized spacial score (nSPS) is 11.2. The number of nitrogens with one attached hydrogen (secondary N) is 1. The highest BCUT2D eigenvalue weighted by molar-refractivity contribution is 6.00. The van der Waals surface area contributed by atoms with Gasteiger partial charge in [0.25, 0.3) is 0 Å². The number of aromatic nitrogens is 1. The number of benzene rings is 3. The van der Waals surface area contributed by atoms with Gasteiger partial charge >= 0.3 is 5.97 Å². The highest BCUT2D eigenvalue weighted by Crippen LogP contribution is 2.35. The first kappa shape index (κ1) is 22.1. The van der Waals surface area contributed by atoms with Crippen molar-refractivity contribution in [3.63, 3.8) is 0 Å². The van der Waals surface area contributed by atoms with Crippen molar-refractivity contribution in [2.45, 2.75) is 13.5 Å². The fourth-order valence-corrected chi connectivity index (χ4v) is 3.53. The zero-order valence-electron chi connectivity index (χ0n) is 18.4. The Balaban J connectivity index is 1.57. The van der Waals surface area contributed by atoms with Crippen molar-refractivity contribution in [3.05, 3.63) is 84.6 Å². The lowest BCUT2D eigenvalue weighted by molar-refractivity contribution is -0.142. The highest BCUT2D eigenvalue weighted by Gasteiger charge is 2.10. The van der Waals surface area contributed by atoms with Crippen LogP contribution in [0.2, 0.25) is 0 Å². The molecule has 0 saturated carbocycles. The molecule has 166 valence electrons. The van der Waals surface area contributed by atoms with Crippen molar-refractivity contribution in [1.82, 2.24) is 10.3 Å². The quantitative estimate of drug-likeness (QED) is 0.213. The lowest BCUT2D eigenvalue weighted by Crippen LogP contribution is -2.24. The molecule has 0 unspecified atom stereocenters. The van der Waals surface area contributed by atoms with Crippen LogP contribution >= 0.6 is 0 Å². The van der Waals surface area contributed by atoms with Gasteiger partial charge in [-0.05, 0) is 36.1 Å². The molecule has 0 aliphatic carbocycles. The van der Waals surface area contributed by atoms with E-state index in [1.807, 2.05) is 72.8 Å². The van der Waals surface area contributed by atoms with Crippen LogP contribution in [0.5, 0.6) is 0 Å². The standard InChI is InChI=1S/C26H25N5O2/c1-2-33-25(32)17-28-15-19-14-24(26(27)22-11-7-6-10-21(19)22)31-30-20-12-13-23(29-16-20)18-8-4-3-5-9-18/h3-14,16,28H,2,15,17,27H2,1H3/b31-30+. The van der Waals surface area contributed by atoms with E-state index in [9.17, 15) is 4.79 Å². The Hall–Kier alpha value is -4.10. The molecule has 0 fully saturated rings. The average molecular weight is 440 g/mol. The van der Waals surface area contributed by atoms with Gasteiger partial charge in [-0.25, -0.2) is 0 Å². The van der Waals surface area contributed by atoms with Crippen molar-refractivity contribution in [3.8, 4) is 11.3 Å². The lowest BCUT2D eigenvalue weighted by Gasteiger charge is -2.12. The molecule has 0 aliphatic heterocycles. The van der Waals surface area contributed by atoms with Crippen molar-refractivity contribution in [2.75, 3.05) is 18.9 Å². The largest absolute Gasteiger partial charge is 0.465 e. The summed E-state index contributed by atoms with van der Waals surface area (Å²) in [5, 5.41) is 13.8. The Kier molecular flexibility index (Phi) is 7.02. The molecule has 0 aliphatic rings. The number of ether oxygens (including phenoxy) is 1. The molecule has 33 heavy (non-hydrogen) atoms. The number of nitrogens with two attached hydrogens (primary N) is 1. The Bertz CT molecular complexity index is 1270. The van der Waals surface area contributed by atoms with E-state index >= 15 is 0 Å².